The molecule has 2 aliphatic rings. The predicted molar refractivity (Wildman–Crippen MR) is 142 cm³/mol. The van der Waals surface area contributed by atoms with E-state index in [0.29, 0.717) is 47.5 Å². The maximum absolute atomic E-state index is 13.3. The van der Waals surface area contributed by atoms with Crippen LogP contribution in [0.25, 0.3) is 0 Å². The lowest BCUT2D eigenvalue weighted by Crippen LogP contribution is -2.40. The molecule has 0 saturated carbocycles. The zero-order valence-electron chi connectivity index (χ0n) is 21.3. The Morgan fingerprint density at radius 3 is 2.58 bits per heavy atom. The zero-order chi connectivity index (χ0) is 26.5. The van der Waals surface area contributed by atoms with E-state index in [1.165, 1.54) is 5.56 Å². The number of nitrogens with one attached hydrogen (secondary N) is 1. The third kappa shape index (κ3) is 5.44. The van der Waals surface area contributed by atoms with Gasteiger partial charge < -0.3 is 24.4 Å². The van der Waals surface area contributed by atoms with E-state index in [-0.39, 0.29) is 30.9 Å². The quantitative estimate of drug-likeness (QED) is 0.451. The normalized spacial score (nSPS) is 16.2. The van der Waals surface area contributed by atoms with Crippen LogP contribution in [0, 0.1) is 5.92 Å². The molecule has 0 radical (unpaired) electrons. The first-order valence-corrected chi connectivity index (χ1v) is 12.8. The molecule has 1 fully saturated rings. The molecule has 1 N–H and O–H groups in total. The molecule has 0 spiro atoms. The van der Waals surface area contributed by atoms with Gasteiger partial charge in [-0.1, -0.05) is 36.4 Å². The molecule has 198 valence electrons. The van der Waals surface area contributed by atoms with Gasteiger partial charge in [0.05, 0.1) is 12.8 Å². The highest BCUT2D eigenvalue weighted by atomic mass is 19.1. The van der Waals surface area contributed by atoms with Gasteiger partial charge in [0.15, 0.2) is 18.1 Å². The number of anilines is 1. The second-order valence-electron chi connectivity index (χ2n) is 9.51. The smallest absolute Gasteiger partial charge is 0.262 e. The third-order valence-electron chi connectivity index (χ3n) is 7.20. The summed E-state index contributed by atoms with van der Waals surface area (Å²) in [6, 6.07) is 21.3. The number of alkyl halides is 1. The van der Waals surface area contributed by atoms with Crippen molar-refractivity contribution < 1.29 is 28.2 Å². The Morgan fingerprint density at radius 2 is 1.84 bits per heavy atom. The summed E-state index contributed by atoms with van der Waals surface area (Å²) >= 11 is 0. The number of benzene rings is 3. The zero-order valence-corrected chi connectivity index (χ0v) is 21.3. The number of carbonyl (C=O) groups is 2. The Labute approximate surface area is 221 Å². The molecule has 0 aliphatic carbocycles. The first-order chi connectivity index (χ1) is 18.6. The summed E-state index contributed by atoms with van der Waals surface area (Å²) in [7, 11) is 1.58. The summed E-state index contributed by atoms with van der Waals surface area (Å²) in [6.45, 7) is 0.648. The molecule has 2 amide bonds. The molecule has 2 heterocycles. The number of fused-ring (bicyclic) bond motifs is 1. The van der Waals surface area contributed by atoms with E-state index in [9.17, 15) is 14.0 Å². The highest BCUT2D eigenvalue weighted by Crippen LogP contribution is 2.41. The van der Waals surface area contributed by atoms with Crippen LogP contribution in [0.2, 0.25) is 0 Å². The number of nitrogens with zero attached hydrogens (tertiary/aromatic N) is 1. The number of rotatable bonds is 8. The lowest BCUT2D eigenvalue weighted by Gasteiger charge is -2.37. The van der Waals surface area contributed by atoms with Crippen LogP contribution in [-0.4, -0.2) is 56.8 Å². The fourth-order valence-corrected chi connectivity index (χ4v) is 5.38. The van der Waals surface area contributed by atoms with E-state index >= 15 is 0 Å². The number of piperidine rings is 1. The van der Waals surface area contributed by atoms with Crippen LogP contribution in [0.4, 0.5) is 10.1 Å². The Hall–Kier alpha value is -4.07. The lowest BCUT2D eigenvalue weighted by atomic mass is 9.76. The molecule has 0 bridgehead atoms. The standard InChI is InChI=1S/C30H31FN2O5/c1-36-27-18-22(7-10-26(27)37-16-13-31)29(20-5-3-2-4-6-20)21-11-14-33(15-12-21)30(35)23-8-9-25-24(17-23)32-28(34)19-38-25/h2-10,17-18,21,29H,11-16,19H2,1H3,(H,32,34)/t29-/m1/s1. The van der Waals surface area contributed by atoms with Gasteiger partial charge in [0.2, 0.25) is 0 Å². The highest BCUT2D eigenvalue weighted by Gasteiger charge is 2.32. The summed E-state index contributed by atoms with van der Waals surface area (Å²) in [5.74, 6) is 1.79. The van der Waals surface area contributed by atoms with Crippen molar-refractivity contribution in [1.29, 1.82) is 0 Å². The first-order valence-electron chi connectivity index (χ1n) is 12.8. The number of methoxy groups -OCH3 is 1. The fraction of sp³-hybridized carbons (Fsp3) is 0.333. The number of amides is 2. The van der Waals surface area contributed by atoms with Crippen molar-refractivity contribution in [3.8, 4) is 17.2 Å². The Kier molecular flexibility index (Phi) is 7.77. The molecular formula is C30H31FN2O5. The number of ether oxygens (including phenoxy) is 3. The molecule has 2 aliphatic heterocycles. The summed E-state index contributed by atoms with van der Waals surface area (Å²) in [5, 5.41) is 2.77. The number of halogens is 1. The molecule has 0 unspecified atom stereocenters. The minimum absolute atomic E-state index is 0.0182. The second kappa shape index (κ2) is 11.5. The Bertz CT molecular complexity index is 1290. The van der Waals surface area contributed by atoms with E-state index in [1.54, 1.807) is 25.3 Å². The van der Waals surface area contributed by atoms with Crippen molar-refractivity contribution in [2.75, 3.05) is 45.4 Å². The predicted octanol–water partition coefficient (Wildman–Crippen LogP) is 5.06. The van der Waals surface area contributed by atoms with Crippen LogP contribution in [0.1, 0.15) is 40.2 Å². The van der Waals surface area contributed by atoms with Crippen LogP contribution < -0.4 is 19.5 Å². The molecule has 1 saturated heterocycles. The van der Waals surface area contributed by atoms with Gasteiger partial charge in [-0.15, -0.1) is 0 Å². The lowest BCUT2D eigenvalue weighted by molar-refractivity contribution is -0.118. The first kappa shape index (κ1) is 25.6. The number of hydrogen-bond acceptors (Lipinski definition) is 5. The molecule has 1 atom stereocenters. The van der Waals surface area contributed by atoms with Gasteiger partial charge in [-0.05, 0) is 60.2 Å². The monoisotopic (exact) mass is 518 g/mol. The SMILES string of the molecule is COc1cc([C@H](c2ccccc2)C2CCN(C(=O)c3ccc4c(c3)NC(=O)CO4)CC2)ccc1OCCF. The van der Waals surface area contributed by atoms with Crippen LogP contribution in [0.15, 0.2) is 66.7 Å². The molecular weight excluding hydrogens is 487 g/mol. The van der Waals surface area contributed by atoms with E-state index in [1.807, 2.05) is 41.3 Å². The Balaban J connectivity index is 1.34. The summed E-state index contributed by atoms with van der Waals surface area (Å²) in [4.78, 5) is 26.9. The van der Waals surface area contributed by atoms with Crippen LogP contribution in [-0.2, 0) is 4.79 Å². The third-order valence-corrected chi connectivity index (χ3v) is 7.20. The molecule has 5 rings (SSSR count). The molecule has 0 aromatic heterocycles. The van der Waals surface area contributed by atoms with Crippen molar-refractivity contribution in [1.82, 2.24) is 4.90 Å². The van der Waals surface area contributed by atoms with E-state index < -0.39 is 6.67 Å². The molecule has 3 aromatic carbocycles. The van der Waals surface area contributed by atoms with Gasteiger partial charge in [-0.2, -0.15) is 0 Å². The minimum atomic E-state index is -0.567. The highest BCUT2D eigenvalue weighted by molar-refractivity contribution is 5.99. The van der Waals surface area contributed by atoms with E-state index in [2.05, 4.69) is 17.4 Å². The van der Waals surface area contributed by atoms with Crippen molar-refractivity contribution in [2.45, 2.75) is 18.8 Å². The molecule has 8 heteroatoms. The van der Waals surface area contributed by atoms with Gasteiger partial charge in [0.25, 0.3) is 11.8 Å². The molecule has 3 aromatic rings. The van der Waals surface area contributed by atoms with Crippen molar-refractivity contribution in [3.63, 3.8) is 0 Å². The van der Waals surface area contributed by atoms with Crippen molar-refractivity contribution in [2.24, 2.45) is 5.92 Å². The van der Waals surface area contributed by atoms with Gasteiger partial charge >= 0.3 is 0 Å². The summed E-state index contributed by atoms with van der Waals surface area (Å²) in [6.07, 6.45) is 1.66. The second-order valence-corrected chi connectivity index (χ2v) is 9.51. The van der Waals surface area contributed by atoms with Gasteiger partial charge in [0.1, 0.15) is 19.0 Å². The van der Waals surface area contributed by atoms with E-state index in [0.717, 1.165) is 18.4 Å². The van der Waals surface area contributed by atoms with Crippen LogP contribution >= 0.6 is 0 Å². The molecule has 38 heavy (non-hydrogen) atoms. The summed E-state index contributed by atoms with van der Waals surface area (Å²) < 4.78 is 29.1. The maximum atomic E-state index is 13.3. The average molecular weight is 519 g/mol. The van der Waals surface area contributed by atoms with Crippen molar-refractivity contribution >= 4 is 17.5 Å². The largest absolute Gasteiger partial charge is 0.493 e. The number of carbonyl (C=O) groups excluding carboxylic acids is 2. The Morgan fingerprint density at radius 1 is 1.05 bits per heavy atom. The fourth-order valence-electron chi connectivity index (χ4n) is 5.38. The number of likely N-dealkylation sites (tertiary alicyclic amines) is 1. The molecule has 7 nitrogen and oxygen atoms in total. The van der Waals surface area contributed by atoms with E-state index in [4.69, 9.17) is 14.2 Å². The summed E-state index contributed by atoms with van der Waals surface area (Å²) in [5.41, 5.74) is 3.35. The average Bonchev–Trinajstić information content (AvgIpc) is 2.96. The van der Waals surface area contributed by atoms with Crippen LogP contribution in [0.5, 0.6) is 17.2 Å². The maximum Gasteiger partial charge on any atom is 0.262 e. The van der Waals surface area contributed by atoms with Gasteiger partial charge in [-0.25, -0.2) is 4.39 Å². The van der Waals surface area contributed by atoms with Gasteiger partial charge in [0, 0.05) is 24.6 Å². The van der Waals surface area contributed by atoms with Crippen molar-refractivity contribution in [3.05, 3.63) is 83.4 Å². The minimum Gasteiger partial charge on any atom is -0.493 e. The van der Waals surface area contributed by atoms with Crippen LogP contribution in [0.3, 0.4) is 0 Å². The van der Waals surface area contributed by atoms with Gasteiger partial charge in [-0.3, -0.25) is 9.59 Å². The number of hydrogen-bond donors (Lipinski definition) is 1. The topological polar surface area (TPSA) is 77.1 Å².